The summed E-state index contributed by atoms with van der Waals surface area (Å²) in [6, 6.07) is 11.4. The van der Waals surface area contributed by atoms with E-state index >= 15 is 4.39 Å². The molecule has 0 bridgehead atoms. The largest absolute Gasteiger partial charge is 0.497 e. The molecule has 0 aliphatic carbocycles. The number of carbonyl (C=O) groups is 1. The van der Waals surface area contributed by atoms with Gasteiger partial charge in [-0.25, -0.2) is 4.39 Å². The van der Waals surface area contributed by atoms with Crippen molar-refractivity contribution < 1.29 is 19.0 Å². The fourth-order valence-electron chi connectivity index (χ4n) is 5.56. The first kappa shape index (κ1) is 27.8. The van der Waals surface area contributed by atoms with Crippen LogP contribution in [0.4, 0.5) is 4.39 Å². The van der Waals surface area contributed by atoms with Gasteiger partial charge in [0.15, 0.2) is 0 Å². The van der Waals surface area contributed by atoms with Gasteiger partial charge in [-0.05, 0) is 112 Å². The van der Waals surface area contributed by atoms with Crippen molar-refractivity contribution in [1.29, 1.82) is 0 Å². The molecule has 0 spiro atoms. The number of alkyl halides is 1. The SMILES string of the molecule is COc1ccc2nccc(C(F)CC[C@@H]3CCN(CCCCc4ccc(Cl)s4)C[C@@H]3CCC(=O)O)c2c1. The number of pyridine rings is 1. The summed E-state index contributed by atoms with van der Waals surface area (Å²) in [4.78, 5) is 19.5. The molecule has 0 saturated carbocycles. The first-order chi connectivity index (χ1) is 17.9. The lowest BCUT2D eigenvalue weighted by Crippen LogP contribution is -2.41. The van der Waals surface area contributed by atoms with Gasteiger partial charge in [-0.15, -0.1) is 11.3 Å². The third-order valence-electron chi connectivity index (χ3n) is 7.59. The molecular weight excluding hydrogens is 511 g/mol. The lowest BCUT2D eigenvalue weighted by molar-refractivity contribution is -0.137. The van der Waals surface area contributed by atoms with Crippen molar-refractivity contribution in [3.8, 4) is 5.75 Å². The van der Waals surface area contributed by atoms with Crippen molar-refractivity contribution in [2.45, 2.75) is 57.5 Å². The third kappa shape index (κ3) is 7.88. The number of likely N-dealkylation sites (tertiary alicyclic amines) is 1. The number of nitrogens with zero attached hydrogens (tertiary/aromatic N) is 2. The van der Waals surface area contributed by atoms with Crippen LogP contribution in [0, 0.1) is 11.8 Å². The zero-order valence-corrected chi connectivity index (χ0v) is 22.9. The zero-order valence-electron chi connectivity index (χ0n) is 21.4. The number of carboxylic acid groups (broad SMARTS) is 1. The standard InChI is InChI=1S/C29H36ClFN2O3S/c1-36-22-7-10-27-25(18-22)24(13-15-32-27)26(31)9-5-20-14-17-33(19-21(20)6-12-29(34)35)16-3-2-4-23-8-11-28(30)37-23/h7-8,10-11,13,15,18,20-21,26H,2-6,9,12,14,16-17,19H2,1H3,(H,34,35)/t20-,21+,26?/m1/s1. The highest BCUT2D eigenvalue weighted by Gasteiger charge is 2.30. The monoisotopic (exact) mass is 546 g/mol. The number of halogens is 2. The molecule has 1 fully saturated rings. The number of carboxylic acids is 1. The van der Waals surface area contributed by atoms with Crippen molar-refractivity contribution in [2.24, 2.45) is 11.8 Å². The van der Waals surface area contributed by atoms with Gasteiger partial charge in [0.1, 0.15) is 11.9 Å². The van der Waals surface area contributed by atoms with Crippen molar-refractivity contribution in [3.05, 3.63) is 57.4 Å². The molecule has 1 N–H and O–H groups in total. The second-order valence-electron chi connectivity index (χ2n) is 10.0. The molecule has 0 radical (unpaired) electrons. The van der Waals surface area contributed by atoms with Gasteiger partial charge in [-0.1, -0.05) is 11.6 Å². The maximum absolute atomic E-state index is 15.5. The van der Waals surface area contributed by atoms with Gasteiger partial charge in [-0.2, -0.15) is 0 Å². The van der Waals surface area contributed by atoms with Crippen LogP contribution in [0.2, 0.25) is 4.34 Å². The molecule has 0 amide bonds. The number of fused-ring (bicyclic) bond motifs is 1. The average Bonchev–Trinajstić information content (AvgIpc) is 3.33. The topological polar surface area (TPSA) is 62.7 Å². The minimum absolute atomic E-state index is 0.169. The fraction of sp³-hybridized carbons (Fsp3) is 0.517. The third-order valence-corrected chi connectivity index (χ3v) is 8.88. The Balaban J connectivity index is 1.32. The van der Waals surface area contributed by atoms with Gasteiger partial charge >= 0.3 is 5.97 Å². The number of ether oxygens (including phenoxy) is 1. The van der Waals surface area contributed by atoms with E-state index in [0.717, 1.165) is 67.0 Å². The second-order valence-corrected chi connectivity index (χ2v) is 11.8. The Hall–Kier alpha value is -2.22. The van der Waals surface area contributed by atoms with Crippen LogP contribution in [0.15, 0.2) is 42.6 Å². The molecule has 1 saturated heterocycles. The molecule has 3 heterocycles. The van der Waals surface area contributed by atoms with E-state index in [1.165, 1.54) is 4.88 Å². The Morgan fingerprint density at radius 2 is 2.11 bits per heavy atom. The summed E-state index contributed by atoms with van der Waals surface area (Å²) in [6.07, 6.45) is 6.83. The van der Waals surface area contributed by atoms with Crippen LogP contribution < -0.4 is 4.74 Å². The summed E-state index contributed by atoms with van der Waals surface area (Å²) >= 11 is 7.68. The average molecular weight is 547 g/mol. The number of aromatic nitrogens is 1. The lowest BCUT2D eigenvalue weighted by atomic mass is 9.79. The van der Waals surface area contributed by atoms with Crippen LogP contribution >= 0.6 is 22.9 Å². The van der Waals surface area contributed by atoms with E-state index in [9.17, 15) is 9.90 Å². The number of rotatable bonds is 13. The number of methoxy groups -OCH3 is 1. The zero-order chi connectivity index (χ0) is 26.2. The molecule has 3 atom stereocenters. The van der Waals surface area contributed by atoms with Crippen LogP contribution in [-0.4, -0.2) is 47.7 Å². The number of unbranched alkanes of at least 4 members (excludes halogenated alkanes) is 1. The van der Waals surface area contributed by atoms with Crippen LogP contribution in [0.3, 0.4) is 0 Å². The molecule has 37 heavy (non-hydrogen) atoms. The number of hydrogen-bond donors (Lipinski definition) is 1. The Kier molecular flexibility index (Phi) is 10.2. The van der Waals surface area contributed by atoms with Crippen molar-refractivity contribution in [3.63, 3.8) is 0 Å². The van der Waals surface area contributed by atoms with Crippen molar-refractivity contribution in [1.82, 2.24) is 9.88 Å². The maximum atomic E-state index is 15.5. The van der Waals surface area contributed by atoms with Crippen LogP contribution in [0.25, 0.3) is 10.9 Å². The van der Waals surface area contributed by atoms with Gasteiger partial charge in [0.2, 0.25) is 0 Å². The summed E-state index contributed by atoms with van der Waals surface area (Å²) in [5.41, 5.74) is 1.41. The van der Waals surface area contributed by atoms with Gasteiger partial charge < -0.3 is 14.7 Å². The molecule has 8 heteroatoms. The number of aliphatic carboxylic acids is 1. The summed E-state index contributed by atoms with van der Waals surface area (Å²) in [5.74, 6) is 0.549. The van der Waals surface area contributed by atoms with Gasteiger partial charge in [0.25, 0.3) is 0 Å². The van der Waals surface area contributed by atoms with Gasteiger partial charge in [-0.3, -0.25) is 9.78 Å². The summed E-state index contributed by atoms with van der Waals surface area (Å²) in [6.45, 7) is 2.91. The predicted octanol–water partition coefficient (Wildman–Crippen LogP) is 7.57. The van der Waals surface area contributed by atoms with E-state index in [1.807, 2.05) is 24.3 Å². The number of aryl methyl sites for hydroxylation is 1. The summed E-state index contributed by atoms with van der Waals surface area (Å²) in [7, 11) is 1.60. The molecule has 1 unspecified atom stereocenters. The summed E-state index contributed by atoms with van der Waals surface area (Å²) in [5, 5.41) is 10.1. The molecule has 5 nitrogen and oxygen atoms in total. The molecule has 2 aromatic heterocycles. The molecule has 4 rings (SSSR count). The minimum atomic E-state index is -1.10. The van der Waals surface area contributed by atoms with E-state index < -0.39 is 12.1 Å². The fourth-order valence-corrected chi connectivity index (χ4v) is 6.69. The van der Waals surface area contributed by atoms with Crippen LogP contribution in [-0.2, 0) is 11.2 Å². The molecular formula is C29H36ClFN2O3S. The maximum Gasteiger partial charge on any atom is 0.303 e. The molecule has 1 aromatic carbocycles. The molecule has 1 aliphatic rings. The number of benzene rings is 1. The molecule has 200 valence electrons. The van der Waals surface area contributed by atoms with Gasteiger partial charge in [0, 0.05) is 29.4 Å². The Bertz CT molecular complexity index is 1170. The molecule has 1 aliphatic heterocycles. The van der Waals surface area contributed by atoms with Crippen molar-refractivity contribution >= 4 is 39.8 Å². The normalized spacial score (nSPS) is 19.2. The second kappa shape index (κ2) is 13.5. The highest BCUT2D eigenvalue weighted by atomic mass is 35.5. The summed E-state index contributed by atoms with van der Waals surface area (Å²) < 4.78 is 21.7. The Labute approximate surface area is 227 Å². The predicted molar refractivity (Wildman–Crippen MR) is 149 cm³/mol. The first-order valence-corrected chi connectivity index (χ1v) is 14.4. The van der Waals surface area contributed by atoms with Crippen molar-refractivity contribution in [2.75, 3.05) is 26.7 Å². The highest BCUT2D eigenvalue weighted by Crippen LogP contribution is 2.36. The Morgan fingerprint density at radius 1 is 1.24 bits per heavy atom. The van der Waals surface area contributed by atoms with Gasteiger partial charge in [0.05, 0.1) is 17.0 Å². The van der Waals surface area contributed by atoms with Crippen LogP contribution in [0.1, 0.15) is 61.6 Å². The van der Waals surface area contributed by atoms with E-state index in [1.54, 1.807) is 30.7 Å². The minimum Gasteiger partial charge on any atom is -0.497 e. The van der Waals surface area contributed by atoms with E-state index in [0.29, 0.717) is 30.1 Å². The van der Waals surface area contributed by atoms with E-state index in [4.69, 9.17) is 16.3 Å². The number of thiophene rings is 1. The van der Waals surface area contributed by atoms with Crippen LogP contribution in [0.5, 0.6) is 5.75 Å². The number of piperidine rings is 1. The molecule has 3 aromatic rings. The lowest BCUT2D eigenvalue weighted by Gasteiger charge is -2.39. The smallest absolute Gasteiger partial charge is 0.303 e. The van der Waals surface area contributed by atoms with E-state index in [-0.39, 0.29) is 12.3 Å². The Morgan fingerprint density at radius 3 is 2.86 bits per heavy atom. The first-order valence-electron chi connectivity index (χ1n) is 13.2. The number of hydrogen-bond acceptors (Lipinski definition) is 5. The quantitative estimate of drug-likeness (QED) is 0.224. The van der Waals surface area contributed by atoms with E-state index in [2.05, 4.69) is 16.0 Å². The highest BCUT2D eigenvalue weighted by molar-refractivity contribution is 7.16.